The van der Waals surface area contributed by atoms with Crippen LogP contribution in [-0.4, -0.2) is 12.1 Å². The van der Waals surface area contributed by atoms with Gasteiger partial charge in [-0.25, -0.2) is 5.43 Å². The highest BCUT2D eigenvalue weighted by Crippen LogP contribution is 2.10. The van der Waals surface area contributed by atoms with Gasteiger partial charge in [-0.05, 0) is 30.7 Å². The summed E-state index contributed by atoms with van der Waals surface area (Å²) in [4.78, 5) is 11.5. The van der Waals surface area contributed by atoms with Crippen LogP contribution < -0.4 is 5.43 Å². The summed E-state index contributed by atoms with van der Waals surface area (Å²) in [5.41, 5.74) is 3.07. The molecule has 1 amide bonds. The van der Waals surface area contributed by atoms with Gasteiger partial charge in [-0.2, -0.15) is 5.10 Å². The van der Waals surface area contributed by atoms with E-state index in [-0.39, 0.29) is 5.91 Å². The third kappa shape index (κ3) is 4.25. The summed E-state index contributed by atoms with van der Waals surface area (Å²) in [5.74, 6) is -0.185. The second-order valence-corrected chi connectivity index (χ2v) is 3.96. The quantitative estimate of drug-likeness (QED) is 0.662. The highest BCUT2D eigenvalue weighted by molar-refractivity contribution is 9.10. The Bertz CT molecular complexity index is 346. The topological polar surface area (TPSA) is 41.5 Å². The number of halogens is 1. The van der Waals surface area contributed by atoms with Crippen LogP contribution in [0.25, 0.3) is 0 Å². The Morgan fingerprint density at radius 2 is 2.13 bits per heavy atom. The lowest BCUT2D eigenvalue weighted by molar-refractivity contribution is 0.0955. The Morgan fingerprint density at radius 3 is 2.73 bits per heavy atom. The maximum absolute atomic E-state index is 11.5. The summed E-state index contributed by atoms with van der Waals surface area (Å²) < 4.78 is 0.952. The zero-order valence-corrected chi connectivity index (χ0v) is 10.1. The fourth-order valence-electron chi connectivity index (χ4n) is 0.964. The van der Waals surface area contributed by atoms with E-state index < -0.39 is 0 Å². The summed E-state index contributed by atoms with van der Waals surface area (Å²) in [7, 11) is 0. The van der Waals surface area contributed by atoms with Gasteiger partial charge in [0.1, 0.15) is 0 Å². The van der Waals surface area contributed by atoms with Gasteiger partial charge in [0.2, 0.25) is 0 Å². The van der Waals surface area contributed by atoms with Crippen LogP contribution in [-0.2, 0) is 0 Å². The maximum Gasteiger partial charge on any atom is 0.271 e. The number of carbonyl (C=O) groups excluding carboxylic acids is 1. The van der Waals surface area contributed by atoms with E-state index in [1.54, 1.807) is 18.3 Å². The Labute approximate surface area is 97.7 Å². The number of amides is 1. The zero-order chi connectivity index (χ0) is 11.1. The molecule has 0 aliphatic carbocycles. The number of nitrogens with one attached hydrogen (secondary N) is 1. The number of hydrogen-bond donors (Lipinski definition) is 1. The number of hydrazone groups is 1. The minimum atomic E-state index is -0.185. The Hall–Kier alpha value is -1.16. The van der Waals surface area contributed by atoms with E-state index in [9.17, 15) is 4.79 Å². The molecule has 0 saturated heterocycles. The molecule has 3 nitrogen and oxygen atoms in total. The molecular formula is C11H13BrN2O. The fourth-order valence-corrected chi connectivity index (χ4v) is 1.23. The highest BCUT2D eigenvalue weighted by atomic mass is 79.9. The largest absolute Gasteiger partial charge is 0.271 e. The Balaban J connectivity index is 2.50. The lowest BCUT2D eigenvalue weighted by Gasteiger charge is -1.99. The van der Waals surface area contributed by atoms with Crippen LogP contribution in [0.15, 0.2) is 33.8 Å². The smallest absolute Gasteiger partial charge is 0.267 e. The van der Waals surface area contributed by atoms with Crippen molar-refractivity contribution >= 4 is 28.1 Å². The van der Waals surface area contributed by atoms with Gasteiger partial charge in [-0.15, -0.1) is 0 Å². The van der Waals surface area contributed by atoms with Crippen molar-refractivity contribution in [1.82, 2.24) is 5.43 Å². The molecule has 15 heavy (non-hydrogen) atoms. The third-order valence-corrected chi connectivity index (χ3v) is 2.31. The molecule has 1 aromatic rings. The maximum atomic E-state index is 11.5. The SMILES string of the molecule is CCC/C=N/NC(=O)c1ccc(Br)cc1. The number of benzene rings is 1. The number of hydrogen-bond acceptors (Lipinski definition) is 2. The average molecular weight is 269 g/mol. The molecule has 0 radical (unpaired) electrons. The van der Waals surface area contributed by atoms with Crippen LogP contribution in [0.3, 0.4) is 0 Å². The predicted octanol–water partition coefficient (Wildman–Crippen LogP) is 2.96. The van der Waals surface area contributed by atoms with E-state index in [4.69, 9.17) is 0 Å². The molecule has 0 fully saturated rings. The molecule has 0 atom stereocenters. The van der Waals surface area contributed by atoms with Crippen molar-refractivity contribution < 1.29 is 4.79 Å². The van der Waals surface area contributed by atoms with E-state index in [2.05, 4.69) is 33.4 Å². The first-order valence-electron chi connectivity index (χ1n) is 4.81. The van der Waals surface area contributed by atoms with Crippen molar-refractivity contribution in [3.63, 3.8) is 0 Å². The van der Waals surface area contributed by atoms with Crippen LogP contribution in [0.4, 0.5) is 0 Å². The highest BCUT2D eigenvalue weighted by Gasteiger charge is 2.02. The molecule has 1 rings (SSSR count). The first-order chi connectivity index (χ1) is 7.24. The van der Waals surface area contributed by atoms with Gasteiger partial charge in [0.05, 0.1) is 0 Å². The zero-order valence-electron chi connectivity index (χ0n) is 8.53. The predicted molar refractivity (Wildman–Crippen MR) is 65.0 cm³/mol. The minimum Gasteiger partial charge on any atom is -0.267 e. The van der Waals surface area contributed by atoms with Gasteiger partial charge in [0, 0.05) is 16.3 Å². The van der Waals surface area contributed by atoms with Gasteiger partial charge in [0.25, 0.3) is 5.91 Å². The molecule has 0 bridgehead atoms. The van der Waals surface area contributed by atoms with Crippen molar-refractivity contribution in [2.24, 2.45) is 5.10 Å². The van der Waals surface area contributed by atoms with E-state index in [0.29, 0.717) is 5.56 Å². The molecule has 0 unspecified atom stereocenters. The van der Waals surface area contributed by atoms with Gasteiger partial charge in [-0.1, -0.05) is 29.3 Å². The van der Waals surface area contributed by atoms with Crippen LogP contribution in [0.1, 0.15) is 30.1 Å². The molecule has 0 spiro atoms. The van der Waals surface area contributed by atoms with E-state index >= 15 is 0 Å². The molecule has 1 N–H and O–H groups in total. The van der Waals surface area contributed by atoms with E-state index in [1.807, 2.05) is 12.1 Å². The normalized spacial score (nSPS) is 10.5. The van der Waals surface area contributed by atoms with Gasteiger partial charge in [-0.3, -0.25) is 4.79 Å². The first-order valence-corrected chi connectivity index (χ1v) is 5.60. The fraction of sp³-hybridized carbons (Fsp3) is 0.273. The molecule has 4 heteroatoms. The number of unbranched alkanes of at least 4 members (excludes halogenated alkanes) is 1. The summed E-state index contributed by atoms with van der Waals surface area (Å²) in [6.07, 6.45) is 3.61. The van der Waals surface area contributed by atoms with Crippen LogP contribution >= 0.6 is 15.9 Å². The van der Waals surface area contributed by atoms with Crippen molar-refractivity contribution in [3.05, 3.63) is 34.3 Å². The number of carbonyl (C=O) groups is 1. The molecular weight excluding hydrogens is 256 g/mol. The van der Waals surface area contributed by atoms with Crippen LogP contribution in [0.2, 0.25) is 0 Å². The molecule has 80 valence electrons. The molecule has 0 saturated carbocycles. The van der Waals surface area contributed by atoms with Crippen molar-refractivity contribution in [3.8, 4) is 0 Å². The minimum absolute atomic E-state index is 0.185. The lowest BCUT2D eigenvalue weighted by Crippen LogP contribution is -2.17. The van der Waals surface area contributed by atoms with Crippen molar-refractivity contribution in [1.29, 1.82) is 0 Å². The monoisotopic (exact) mass is 268 g/mol. The second kappa shape index (κ2) is 6.35. The summed E-state index contributed by atoms with van der Waals surface area (Å²) in [5, 5.41) is 3.82. The van der Waals surface area contributed by atoms with Crippen LogP contribution in [0.5, 0.6) is 0 Å². The molecule has 0 aromatic heterocycles. The Kier molecular flexibility index (Phi) is 5.04. The van der Waals surface area contributed by atoms with E-state index in [1.165, 1.54) is 0 Å². The van der Waals surface area contributed by atoms with Crippen molar-refractivity contribution in [2.75, 3.05) is 0 Å². The summed E-state index contributed by atoms with van der Waals surface area (Å²) in [6, 6.07) is 7.14. The van der Waals surface area contributed by atoms with Gasteiger partial charge in [0.15, 0.2) is 0 Å². The first kappa shape index (κ1) is 11.9. The van der Waals surface area contributed by atoms with Crippen LogP contribution in [0, 0.1) is 0 Å². The third-order valence-electron chi connectivity index (χ3n) is 1.78. The van der Waals surface area contributed by atoms with E-state index in [0.717, 1.165) is 17.3 Å². The standard InChI is InChI=1S/C11H13BrN2O/c1-2-3-8-13-14-11(15)9-4-6-10(12)7-5-9/h4-8H,2-3H2,1H3,(H,14,15)/b13-8+. The van der Waals surface area contributed by atoms with Gasteiger partial charge >= 0.3 is 0 Å². The van der Waals surface area contributed by atoms with Crippen molar-refractivity contribution in [2.45, 2.75) is 19.8 Å². The molecule has 1 aromatic carbocycles. The number of rotatable bonds is 4. The molecule has 0 aliphatic rings. The average Bonchev–Trinajstić information content (AvgIpc) is 2.25. The number of nitrogens with zero attached hydrogens (tertiary/aromatic N) is 1. The molecule has 0 aliphatic heterocycles. The van der Waals surface area contributed by atoms with Gasteiger partial charge < -0.3 is 0 Å². The second-order valence-electron chi connectivity index (χ2n) is 3.05. The Morgan fingerprint density at radius 1 is 1.47 bits per heavy atom. The lowest BCUT2D eigenvalue weighted by atomic mass is 10.2. The molecule has 0 heterocycles. The summed E-state index contributed by atoms with van der Waals surface area (Å²) in [6.45, 7) is 2.06. The summed E-state index contributed by atoms with van der Waals surface area (Å²) >= 11 is 3.31.